The molecule has 1 N–H and O–H groups in total. The van der Waals surface area contributed by atoms with Crippen molar-refractivity contribution in [1.82, 2.24) is 5.32 Å². The molecule has 2 saturated carbocycles. The van der Waals surface area contributed by atoms with Crippen molar-refractivity contribution in [3.05, 3.63) is 0 Å². The molecule has 0 saturated heterocycles. The third kappa shape index (κ3) is 2.05. The molecule has 0 aromatic rings. The lowest BCUT2D eigenvalue weighted by molar-refractivity contribution is 0.205. The predicted molar refractivity (Wildman–Crippen MR) is 75.0 cm³/mol. The molecule has 17 heavy (non-hydrogen) atoms. The maximum Gasteiger partial charge on any atom is 0.0131 e. The first-order chi connectivity index (χ1) is 7.82. The lowest BCUT2D eigenvalue weighted by atomic mass is 9.76. The SMILES string of the molecule is CNC(C1CCC(C)CC1)C1C(C)(C)C1(C)C. The number of nitrogens with one attached hydrogen (secondary N) is 1. The fourth-order valence-electron chi connectivity index (χ4n) is 4.46. The summed E-state index contributed by atoms with van der Waals surface area (Å²) in [6, 6.07) is 0.743. The van der Waals surface area contributed by atoms with Gasteiger partial charge in [0.2, 0.25) is 0 Å². The predicted octanol–water partition coefficient (Wildman–Crippen LogP) is 4.08. The quantitative estimate of drug-likeness (QED) is 0.780. The standard InChI is InChI=1S/C16H31N/c1-11-7-9-12(10-8-11)13(17-6)14-15(2,3)16(14,4)5/h11-14,17H,7-10H2,1-6H3. The molecular formula is C16H31N. The van der Waals surface area contributed by atoms with Crippen molar-refractivity contribution in [1.29, 1.82) is 0 Å². The summed E-state index contributed by atoms with van der Waals surface area (Å²) in [7, 11) is 2.17. The summed E-state index contributed by atoms with van der Waals surface area (Å²) in [6.07, 6.45) is 5.76. The van der Waals surface area contributed by atoms with E-state index in [2.05, 4.69) is 47.0 Å². The van der Waals surface area contributed by atoms with Crippen molar-refractivity contribution in [2.45, 2.75) is 66.3 Å². The van der Waals surface area contributed by atoms with Gasteiger partial charge in [0, 0.05) is 6.04 Å². The average Bonchev–Trinajstić information content (AvgIpc) is 2.65. The van der Waals surface area contributed by atoms with E-state index in [1.54, 1.807) is 0 Å². The van der Waals surface area contributed by atoms with Crippen LogP contribution in [0.25, 0.3) is 0 Å². The number of hydrogen-bond donors (Lipinski definition) is 1. The lowest BCUT2D eigenvalue weighted by Crippen LogP contribution is -2.39. The maximum atomic E-state index is 3.66. The second-order valence-corrected chi connectivity index (χ2v) is 7.76. The van der Waals surface area contributed by atoms with Gasteiger partial charge in [0.05, 0.1) is 0 Å². The topological polar surface area (TPSA) is 12.0 Å². The molecule has 0 radical (unpaired) electrons. The van der Waals surface area contributed by atoms with Crippen molar-refractivity contribution >= 4 is 0 Å². The van der Waals surface area contributed by atoms with E-state index in [0.29, 0.717) is 10.8 Å². The van der Waals surface area contributed by atoms with Crippen LogP contribution in [-0.4, -0.2) is 13.1 Å². The Morgan fingerprint density at radius 2 is 1.41 bits per heavy atom. The van der Waals surface area contributed by atoms with Gasteiger partial charge in [-0.2, -0.15) is 0 Å². The highest BCUT2D eigenvalue weighted by Gasteiger charge is 2.67. The minimum Gasteiger partial charge on any atom is -0.316 e. The van der Waals surface area contributed by atoms with Crippen LogP contribution in [0.1, 0.15) is 60.3 Å². The van der Waals surface area contributed by atoms with E-state index in [0.717, 1.165) is 23.8 Å². The summed E-state index contributed by atoms with van der Waals surface area (Å²) < 4.78 is 0. The molecule has 0 heterocycles. The van der Waals surface area contributed by atoms with Gasteiger partial charge in [-0.1, -0.05) is 47.5 Å². The van der Waals surface area contributed by atoms with Crippen molar-refractivity contribution in [2.75, 3.05) is 7.05 Å². The second-order valence-electron chi connectivity index (χ2n) is 7.76. The van der Waals surface area contributed by atoms with E-state index in [1.807, 2.05) is 0 Å². The highest BCUT2D eigenvalue weighted by Crippen LogP contribution is 2.70. The Morgan fingerprint density at radius 1 is 0.941 bits per heavy atom. The minimum atomic E-state index is 0.518. The van der Waals surface area contributed by atoms with Crippen molar-refractivity contribution in [3.8, 4) is 0 Å². The van der Waals surface area contributed by atoms with Gasteiger partial charge in [-0.05, 0) is 48.5 Å². The van der Waals surface area contributed by atoms with E-state index in [-0.39, 0.29) is 0 Å². The molecule has 0 spiro atoms. The largest absolute Gasteiger partial charge is 0.316 e. The Kier molecular flexibility index (Phi) is 3.36. The Balaban J connectivity index is 2.04. The third-order valence-electron chi connectivity index (χ3n) is 6.39. The van der Waals surface area contributed by atoms with E-state index in [4.69, 9.17) is 0 Å². The molecular weight excluding hydrogens is 206 g/mol. The number of hydrogen-bond acceptors (Lipinski definition) is 1. The summed E-state index contributed by atoms with van der Waals surface area (Å²) in [6.45, 7) is 12.2. The molecule has 1 nitrogen and oxygen atoms in total. The van der Waals surface area contributed by atoms with Gasteiger partial charge >= 0.3 is 0 Å². The molecule has 0 aliphatic heterocycles. The van der Waals surface area contributed by atoms with Crippen LogP contribution < -0.4 is 5.32 Å². The van der Waals surface area contributed by atoms with Crippen molar-refractivity contribution < 1.29 is 0 Å². The fraction of sp³-hybridized carbons (Fsp3) is 1.00. The van der Waals surface area contributed by atoms with Crippen LogP contribution in [0.3, 0.4) is 0 Å². The minimum absolute atomic E-state index is 0.518. The Labute approximate surface area is 108 Å². The fourth-order valence-corrected chi connectivity index (χ4v) is 4.46. The Bertz CT molecular complexity index is 257. The van der Waals surface area contributed by atoms with Crippen LogP contribution in [0.15, 0.2) is 0 Å². The molecule has 0 aromatic carbocycles. The molecule has 1 atom stereocenters. The molecule has 2 fully saturated rings. The average molecular weight is 237 g/mol. The van der Waals surface area contributed by atoms with Gasteiger partial charge in [0.25, 0.3) is 0 Å². The molecule has 2 rings (SSSR count). The molecule has 0 bridgehead atoms. The van der Waals surface area contributed by atoms with E-state index in [1.165, 1.54) is 25.7 Å². The third-order valence-corrected chi connectivity index (χ3v) is 6.39. The van der Waals surface area contributed by atoms with Gasteiger partial charge in [0.1, 0.15) is 0 Å². The highest BCUT2D eigenvalue weighted by molar-refractivity contribution is 5.17. The van der Waals surface area contributed by atoms with Gasteiger partial charge in [-0.15, -0.1) is 0 Å². The van der Waals surface area contributed by atoms with Crippen LogP contribution in [0.5, 0.6) is 0 Å². The van der Waals surface area contributed by atoms with E-state index in [9.17, 15) is 0 Å². The number of rotatable bonds is 3. The van der Waals surface area contributed by atoms with Crippen LogP contribution >= 0.6 is 0 Å². The maximum absolute atomic E-state index is 3.66. The summed E-state index contributed by atoms with van der Waals surface area (Å²) >= 11 is 0. The second kappa shape index (κ2) is 4.26. The smallest absolute Gasteiger partial charge is 0.0131 e. The zero-order valence-electron chi connectivity index (χ0n) is 12.6. The molecule has 0 aromatic heterocycles. The molecule has 2 aliphatic rings. The van der Waals surface area contributed by atoms with Gasteiger partial charge in [-0.25, -0.2) is 0 Å². The summed E-state index contributed by atoms with van der Waals surface area (Å²) in [5.41, 5.74) is 1.04. The van der Waals surface area contributed by atoms with E-state index >= 15 is 0 Å². The highest BCUT2D eigenvalue weighted by atomic mass is 14.9. The van der Waals surface area contributed by atoms with Crippen LogP contribution in [0.4, 0.5) is 0 Å². The molecule has 1 unspecified atom stereocenters. The van der Waals surface area contributed by atoms with Crippen LogP contribution in [0.2, 0.25) is 0 Å². The van der Waals surface area contributed by atoms with Crippen molar-refractivity contribution in [3.63, 3.8) is 0 Å². The first kappa shape index (κ1) is 13.4. The van der Waals surface area contributed by atoms with E-state index < -0.39 is 0 Å². The molecule has 0 amide bonds. The lowest BCUT2D eigenvalue weighted by Gasteiger charge is -2.34. The Hall–Kier alpha value is -0.0400. The van der Waals surface area contributed by atoms with Gasteiger partial charge in [0.15, 0.2) is 0 Å². The van der Waals surface area contributed by atoms with Crippen LogP contribution in [-0.2, 0) is 0 Å². The van der Waals surface area contributed by atoms with Crippen LogP contribution in [0, 0.1) is 28.6 Å². The monoisotopic (exact) mass is 237 g/mol. The van der Waals surface area contributed by atoms with Gasteiger partial charge in [-0.3, -0.25) is 0 Å². The zero-order valence-corrected chi connectivity index (χ0v) is 12.6. The summed E-state index contributed by atoms with van der Waals surface area (Å²) in [5.74, 6) is 2.74. The summed E-state index contributed by atoms with van der Waals surface area (Å²) in [5, 5.41) is 3.66. The molecule has 2 aliphatic carbocycles. The molecule has 1 heteroatoms. The van der Waals surface area contributed by atoms with Crippen molar-refractivity contribution in [2.24, 2.45) is 28.6 Å². The zero-order chi connectivity index (χ0) is 12.8. The first-order valence-electron chi connectivity index (χ1n) is 7.49. The normalized spacial score (nSPS) is 37.8. The Morgan fingerprint density at radius 3 is 1.76 bits per heavy atom. The molecule has 100 valence electrons. The summed E-state index contributed by atoms with van der Waals surface area (Å²) in [4.78, 5) is 0. The van der Waals surface area contributed by atoms with Gasteiger partial charge < -0.3 is 5.32 Å². The first-order valence-corrected chi connectivity index (χ1v) is 7.49.